The SMILES string of the molecule is C=C(C)CN(CC)C(=O)c1ccccc1NC(=O)c1cccs1. The highest BCUT2D eigenvalue weighted by Gasteiger charge is 2.19. The first-order chi connectivity index (χ1) is 11.0. The summed E-state index contributed by atoms with van der Waals surface area (Å²) >= 11 is 1.36. The second kappa shape index (κ2) is 7.74. The summed E-state index contributed by atoms with van der Waals surface area (Å²) in [5.74, 6) is -0.319. The summed E-state index contributed by atoms with van der Waals surface area (Å²) in [6.45, 7) is 8.76. The van der Waals surface area contributed by atoms with Crippen LogP contribution >= 0.6 is 11.3 Å². The van der Waals surface area contributed by atoms with E-state index in [0.717, 1.165) is 5.57 Å². The fraction of sp³-hybridized carbons (Fsp3) is 0.222. The quantitative estimate of drug-likeness (QED) is 0.814. The lowest BCUT2D eigenvalue weighted by molar-refractivity contribution is 0.0779. The van der Waals surface area contributed by atoms with Gasteiger partial charge in [-0.2, -0.15) is 0 Å². The maximum absolute atomic E-state index is 12.7. The Bertz CT molecular complexity index is 708. The van der Waals surface area contributed by atoms with Crippen LogP contribution in [0.25, 0.3) is 0 Å². The van der Waals surface area contributed by atoms with Gasteiger partial charge in [0.25, 0.3) is 11.8 Å². The van der Waals surface area contributed by atoms with Crippen LogP contribution in [-0.4, -0.2) is 29.8 Å². The second-order valence-corrected chi connectivity index (χ2v) is 6.20. The number of carbonyl (C=O) groups is 2. The van der Waals surface area contributed by atoms with E-state index in [0.29, 0.717) is 29.2 Å². The van der Waals surface area contributed by atoms with Gasteiger partial charge in [-0.25, -0.2) is 0 Å². The Kier molecular flexibility index (Phi) is 5.71. The molecule has 0 fully saturated rings. The molecule has 0 aliphatic rings. The van der Waals surface area contributed by atoms with E-state index in [1.165, 1.54) is 11.3 Å². The van der Waals surface area contributed by atoms with Crippen molar-refractivity contribution in [3.05, 3.63) is 64.4 Å². The molecule has 1 aromatic carbocycles. The van der Waals surface area contributed by atoms with Crippen molar-refractivity contribution in [2.75, 3.05) is 18.4 Å². The molecule has 2 rings (SSSR count). The fourth-order valence-electron chi connectivity index (χ4n) is 2.19. The highest BCUT2D eigenvalue weighted by molar-refractivity contribution is 7.12. The summed E-state index contributed by atoms with van der Waals surface area (Å²) in [6.07, 6.45) is 0. The minimum Gasteiger partial charge on any atom is -0.335 e. The van der Waals surface area contributed by atoms with E-state index in [9.17, 15) is 9.59 Å². The number of nitrogens with zero attached hydrogens (tertiary/aromatic N) is 1. The Hall–Kier alpha value is -2.40. The van der Waals surface area contributed by atoms with Gasteiger partial charge in [-0.1, -0.05) is 30.4 Å². The lowest BCUT2D eigenvalue weighted by atomic mass is 10.1. The molecule has 0 bridgehead atoms. The summed E-state index contributed by atoms with van der Waals surface area (Å²) < 4.78 is 0. The molecule has 0 aliphatic heterocycles. The summed E-state index contributed by atoms with van der Waals surface area (Å²) in [5, 5.41) is 4.67. The molecule has 120 valence electrons. The highest BCUT2D eigenvalue weighted by atomic mass is 32.1. The van der Waals surface area contributed by atoms with Gasteiger partial charge in [0.1, 0.15) is 0 Å². The molecule has 0 radical (unpaired) electrons. The minimum absolute atomic E-state index is 0.113. The first-order valence-corrected chi connectivity index (χ1v) is 8.28. The number of likely N-dealkylation sites (N-methyl/N-ethyl adjacent to an activating group) is 1. The average Bonchev–Trinajstić information content (AvgIpc) is 3.07. The zero-order valence-corrected chi connectivity index (χ0v) is 14.2. The second-order valence-electron chi connectivity index (χ2n) is 5.25. The smallest absolute Gasteiger partial charge is 0.265 e. The number of benzene rings is 1. The molecule has 0 unspecified atom stereocenters. The van der Waals surface area contributed by atoms with Crippen LogP contribution in [0, 0.1) is 0 Å². The van der Waals surface area contributed by atoms with Gasteiger partial charge in [-0.3, -0.25) is 9.59 Å². The zero-order chi connectivity index (χ0) is 16.8. The van der Waals surface area contributed by atoms with E-state index < -0.39 is 0 Å². The highest BCUT2D eigenvalue weighted by Crippen LogP contribution is 2.20. The number of anilines is 1. The third-order valence-electron chi connectivity index (χ3n) is 3.28. The molecule has 1 N–H and O–H groups in total. The Morgan fingerprint density at radius 1 is 1.22 bits per heavy atom. The first kappa shape index (κ1) is 17.0. The minimum atomic E-state index is -0.205. The lowest BCUT2D eigenvalue weighted by Crippen LogP contribution is -2.32. The lowest BCUT2D eigenvalue weighted by Gasteiger charge is -2.22. The van der Waals surface area contributed by atoms with E-state index >= 15 is 0 Å². The largest absolute Gasteiger partial charge is 0.335 e. The van der Waals surface area contributed by atoms with Crippen LogP contribution in [0.2, 0.25) is 0 Å². The fourth-order valence-corrected chi connectivity index (χ4v) is 2.81. The Balaban J connectivity index is 2.24. The number of carbonyl (C=O) groups excluding carboxylic acids is 2. The molecule has 0 atom stereocenters. The van der Waals surface area contributed by atoms with Gasteiger partial charge in [-0.05, 0) is 37.4 Å². The van der Waals surface area contributed by atoms with Crippen molar-refractivity contribution in [1.82, 2.24) is 4.90 Å². The molecule has 0 aliphatic carbocycles. The monoisotopic (exact) mass is 328 g/mol. The van der Waals surface area contributed by atoms with E-state index in [1.807, 2.05) is 25.3 Å². The van der Waals surface area contributed by atoms with Crippen LogP contribution in [-0.2, 0) is 0 Å². The predicted molar refractivity (Wildman–Crippen MR) is 95.1 cm³/mol. The van der Waals surface area contributed by atoms with Crippen LogP contribution in [0.15, 0.2) is 53.9 Å². The molecule has 0 saturated carbocycles. The maximum Gasteiger partial charge on any atom is 0.265 e. The Morgan fingerprint density at radius 3 is 2.57 bits per heavy atom. The standard InChI is InChI=1S/C18H20N2O2S/c1-4-20(12-13(2)3)18(22)14-8-5-6-9-15(14)19-17(21)16-10-7-11-23-16/h5-11H,2,4,12H2,1,3H3,(H,19,21). The summed E-state index contributed by atoms with van der Waals surface area (Å²) in [4.78, 5) is 27.3. The van der Waals surface area contributed by atoms with Crippen LogP contribution in [0.3, 0.4) is 0 Å². The van der Waals surface area contributed by atoms with Crippen molar-refractivity contribution in [2.24, 2.45) is 0 Å². The van der Waals surface area contributed by atoms with Crippen LogP contribution < -0.4 is 5.32 Å². The number of para-hydroxylation sites is 1. The average molecular weight is 328 g/mol. The molecule has 1 aromatic heterocycles. The third-order valence-corrected chi connectivity index (χ3v) is 4.15. The maximum atomic E-state index is 12.7. The molecule has 2 amide bonds. The van der Waals surface area contributed by atoms with E-state index in [2.05, 4.69) is 11.9 Å². The predicted octanol–water partition coefficient (Wildman–Crippen LogP) is 4.04. The van der Waals surface area contributed by atoms with Gasteiger partial charge in [0.15, 0.2) is 0 Å². The Morgan fingerprint density at radius 2 is 1.96 bits per heavy atom. The van der Waals surface area contributed by atoms with Crippen molar-refractivity contribution in [3.63, 3.8) is 0 Å². The van der Waals surface area contributed by atoms with Crippen molar-refractivity contribution in [3.8, 4) is 0 Å². The summed E-state index contributed by atoms with van der Waals surface area (Å²) in [6, 6.07) is 10.6. The number of rotatable bonds is 6. The molecule has 0 spiro atoms. The number of amides is 2. The molecule has 23 heavy (non-hydrogen) atoms. The van der Waals surface area contributed by atoms with E-state index in [4.69, 9.17) is 0 Å². The van der Waals surface area contributed by atoms with Gasteiger partial charge < -0.3 is 10.2 Å². The zero-order valence-electron chi connectivity index (χ0n) is 13.3. The third kappa shape index (κ3) is 4.29. The first-order valence-electron chi connectivity index (χ1n) is 7.40. The molecular formula is C18H20N2O2S. The topological polar surface area (TPSA) is 49.4 Å². The number of nitrogens with one attached hydrogen (secondary N) is 1. The summed E-state index contributed by atoms with van der Waals surface area (Å²) in [7, 11) is 0. The Labute approximate surface area is 140 Å². The van der Waals surface area contributed by atoms with Gasteiger partial charge in [0, 0.05) is 13.1 Å². The normalized spacial score (nSPS) is 10.2. The van der Waals surface area contributed by atoms with Crippen molar-refractivity contribution in [1.29, 1.82) is 0 Å². The van der Waals surface area contributed by atoms with Gasteiger partial charge in [0.05, 0.1) is 16.1 Å². The van der Waals surface area contributed by atoms with Crippen molar-refractivity contribution >= 4 is 28.8 Å². The van der Waals surface area contributed by atoms with E-state index in [-0.39, 0.29) is 11.8 Å². The van der Waals surface area contributed by atoms with Crippen molar-refractivity contribution < 1.29 is 9.59 Å². The van der Waals surface area contributed by atoms with E-state index in [1.54, 1.807) is 35.2 Å². The van der Waals surface area contributed by atoms with Crippen LogP contribution in [0.4, 0.5) is 5.69 Å². The van der Waals surface area contributed by atoms with Crippen LogP contribution in [0.1, 0.15) is 33.9 Å². The molecule has 4 nitrogen and oxygen atoms in total. The molecule has 1 heterocycles. The number of hydrogen-bond acceptors (Lipinski definition) is 3. The van der Waals surface area contributed by atoms with Gasteiger partial charge in [0.2, 0.25) is 0 Å². The van der Waals surface area contributed by atoms with Crippen molar-refractivity contribution in [2.45, 2.75) is 13.8 Å². The van der Waals surface area contributed by atoms with Crippen LogP contribution in [0.5, 0.6) is 0 Å². The molecular weight excluding hydrogens is 308 g/mol. The van der Waals surface area contributed by atoms with Gasteiger partial charge in [-0.15, -0.1) is 11.3 Å². The molecule has 5 heteroatoms. The summed E-state index contributed by atoms with van der Waals surface area (Å²) in [5.41, 5.74) is 1.93. The number of thiophene rings is 1. The molecule has 0 saturated heterocycles. The van der Waals surface area contributed by atoms with Gasteiger partial charge >= 0.3 is 0 Å². The molecule has 2 aromatic rings. The number of hydrogen-bond donors (Lipinski definition) is 1.